The number of rotatable bonds is 6. The number of aryl methyl sites for hydroxylation is 1. The molecule has 0 aliphatic carbocycles. The van der Waals surface area contributed by atoms with Crippen LogP contribution in [-0.4, -0.2) is 13.6 Å². The van der Waals surface area contributed by atoms with Crippen molar-refractivity contribution in [3.8, 4) is 0 Å². The van der Waals surface area contributed by atoms with Gasteiger partial charge in [0.1, 0.15) is 5.76 Å². The van der Waals surface area contributed by atoms with E-state index in [0.29, 0.717) is 0 Å². The zero-order valence-electron chi connectivity index (χ0n) is 11.9. The van der Waals surface area contributed by atoms with Crippen LogP contribution in [0.3, 0.4) is 0 Å². The maximum Gasteiger partial charge on any atom is 0.122 e. The first kappa shape index (κ1) is 13.7. The maximum atomic E-state index is 5.52. The van der Waals surface area contributed by atoms with Gasteiger partial charge in [-0.05, 0) is 44.7 Å². The molecule has 0 saturated carbocycles. The molecule has 0 aliphatic rings. The molecule has 2 aromatic rings. The van der Waals surface area contributed by atoms with Crippen LogP contribution < -0.4 is 10.2 Å². The second-order valence-electron chi connectivity index (χ2n) is 4.75. The molecule has 1 heterocycles. The number of nitrogens with zero attached hydrogens (tertiary/aromatic N) is 1. The predicted molar refractivity (Wildman–Crippen MR) is 79.4 cm³/mol. The van der Waals surface area contributed by atoms with Gasteiger partial charge in [-0.3, -0.25) is 0 Å². The lowest BCUT2D eigenvalue weighted by Gasteiger charge is -2.23. The van der Waals surface area contributed by atoms with Gasteiger partial charge in [0, 0.05) is 24.3 Å². The predicted octanol–water partition coefficient (Wildman–Crippen LogP) is 3.33. The molecule has 0 bridgehead atoms. The smallest absolute Gasteiger partial charge is 0.122 e. The van der Waals surface area contributed by atoms with E-state index in [4.69, 9.17) is 4.42 Å². The molecule has 1 aromatic heterocycles. The molecule has 0 unspecified atom stereocenters. The first-order valence-corrected chi connectivity index (χ1v) is 6.76. The Balaban J connectivity index is 2.17. The molecule has 3 heteroatoms. The van der Waals surface area contributed by atoms with Gasteiger partial charge in [-0.25, -0.2) is 0 Å². The summed E-state index contributed by atoms with van der Waals surface area (Å²) in [5.41, 5.74) is 3.80. The average molecular weight is 258 g/mol. The van der Waals surface area contributed by atoms with Crippen molar-refractivity contribution in [2.45, 2.75) is 26.9 Å². The van der Waals surface area contributed by atoms with Crippen molar-refractivity contribution in [2.75, 3.05) is 18.5 Å². The number of hydrogen-bond donors (Lipinski definition) is 1. The highest BCUT2D eigenvalue weighted by Crippen LogP contribution is 2.20. The van der Waals surface area contributed by atoms with E-state index in [9.17, 15) is 0 Å². The summed E-state index contributed by atoms with van der Waals surface area (Å²) in [6.45, 7) is 6.94. The van der Waals surface area contributed by atoms with E-state index in [2.05, 4.69) is 54.4 Å². The van der Waals surface area contributed by atoms with Gasteiger partial charge >= 0.3 is 0 Å². The van der Waals surface area contributed by atoms with E-state index in [1.165, 1.54) is 16.8 Å². The molecule has 1 aromatic carbocycles. The SMILES string of the molecule is CCN(Cc1ccoc1CNC)c1cccc(C)c1. The van der Waals surface area contributed by atoms with Crippen molar-refractivity contribution < 1.29 is 4.42 Å². The van der Waals surface area contributed by atoms with Crippen LogP contribution in [0.1, 0.15) is 23.8 Å². The lowest BCUT2D eigenvalue weighted by molar-refractivity contribution is 0.490. The van der Waals surface area contributed by atoms with Crippen molar-refractivity contribution in [1.29, 1.82) is 0 Å². The molecule has 1 N–H and O–H groups in total. The maximum absolute atomic E-state index is 5.52. The summed E-state index contributed by atoms with van der Waals surface area (Å²) >= 11 is 0. The molecule has 0 spiro atoms. The van der Waals surface area contributed by atoms with Crippen LogP contribution >= 0.6 is 0 Å². The van der Waals surface area contributed by atoms with Crippen LogP contribution in [0.5, 0.6) is 0 Å². The molecule has 0 radical (unpaired) electrons. The lowest BCUT2D eigenvalue weighted by atomic mass is 10.1. The Morgan fingerprint density at radius 3 is 2.79 bits per heavy atom. The second kappa shape index (κ2) is 6.43. The Morgan fingerprint density at radius 1 is 1.26 bits per heavy atom. The highest BCUT2D eigenvalue weighted by atomic mass is 16.3. The Bertz CT molecular complexity index is 519. The number of benzene rings is 1. The van der Waals surface area contributed by atoms with Crippen LogP contribution in [-0.2, 0) is 13.1 Å². The normalized spacial score (nSPS) is 10.7. The minimum absolute atomic E-state index is 0.772. The summed E-state index contributed by atoms with van der Waals surface area (Å²) in [7, 11) is 1.93. The molecule has 2 rings (SSSR count). The van der Waals surface area contributed by atoms with Crippen molar-refractivity contribution in [1.82, 2.24) is 5.32 Å². The van der Waals surface area contributed by atoms with Gasteiger partial charge in [-0.2, -0.15) is 0 Å². The summed E-state index contributed by atoms with van der Waals surface area (Å²) in [6, 6.07) is 10.7. The monoisotopic (exact) mass is 258 g/mol. The van der Waals surface area contributed by atoms with Crippen LogP contribution in [0.4, 0.5) is 5.69 Å². The van der Waals surface area contributed by atoms with Gasteiger partial charge in [0.2, 0.25) is 0 Å². The molecule has 0 saturated heterocycles. The molecular weight excluding hydrogens is 236 g/mol. The average Bonchev–Trinajstić information content (AvgIpc) is 2.84. The molecule has 19 heavy (non-hydrogen) atoms. The standard InChI is InChI=1S/C16H22N2O/c1-4-18(15-7-5-6-13(2)10-15)12-14-8-9-19-16(14)11-17-3/h5-10,17H,4,11-12H2,1-3H3. The first-order valence-electron chi connectivity index (χ1n) is 6.76. The minimum atomic E-state index is 0.772. The van der Waals surface area contributed by atoms with E-state index in [1.54, 1.807) is 6.26 Å². The number of anilines is 1. The van der Waals surface area contributed by atoms with E-state index >= 15 is 0 Å². The second-order valence-corrected chi connectivity index (χ2v) is 4.75. The van der Waals surface area contributed by atoms with Gasteiger partial charge in [0.05, 0.1) is 12.8 Å². The van der Waals surface area contributed by atoms with Crippen LogP contribution in [0.15, 0.2) is 41.0 Å². The summed E-state index contributed by atoms with van der Waals surface area (Å²) in [6.07, 6.45) is 1.77. The fraction of sp³-hybridized carbons (Fsp3) is 0.375. The van der Waals surface area contributed by atoms with Gasteiger partial charge in [-0.15, -0.1) is 0 Å². The van der Waals surface area contributed by atoms with Gasteiger partial charge < -0.3 is 14.6 Å². The highest BCUT2D eigenvalue weighted by molar-refractivity contribution is 5.49. The number of hydrogen-bond acceptors (Lipinski definition) is 3. The summed E-state index contributed by atoms with van der Waals surface area (Å²) < 4.78 is 5.52. The van der Waals surface area contributed by atoms with Crippen LogP contribution in [0, 0.1) is 6.92 Å². The van der Waals surface area contributed by atoms with Gasteiger partial charge in [0.25, 0.3) is 0 Å². The number of nitrogens with one attached hydrogen (secondary N) is 1. The topological polar surface area (TPSA) is 28.4 Å². The summed E-state index contributed by atoms with van der Waals surface area (Å²) in [5, 5.41) is 3.14. The van der Waals surface area contributed by atoms with Crippen LogP contribution in [0.2, 0.25) is 0 Å². The van der Waals surface area contributed by atoms with Crippen molar-refractivity contribution in [2.24, 2.45) is 0 Å². The Kier molecular flexibility index (Phi) is 4.63. The zero-order chi connectivity index (χ0) is 13.7. The Morgan fingerprint density at radius 2 is 2.11 bits per heavy atom. The van der Waals surface area contributed by atoms with E-state index < -0.39 is 0 Å². The molecule has 0 amide bonds. The third-order valence-electron chi connectivity index (χ3n) is 3.28. The Hall–Kier alpha value is -1.74. The molecule has 0 aliphatic heterocycles. The molecule has 0 atom stereocenters. The highest BCUT2D eigenvalue weighted by Gasteiger charge is 2.10. The van der Waals surface area contributed by atoms with E-state index in [1.807, 2.05) is 7.05 Å². The van der Waals surface area contributed by atoms with Gasteiger partial charge in [0.15, 0.2) is 0 Å². The lowest BCUT2D eigenvalue weighted by Crippen LogP contribution is -2.22. The fourth-order valence-corrected chi connectivity index (χ4v) is 2.24. The third kappa shape index (κ3) is 3.38. The largest absolute Gasteiger partial charge is 0.468 e. The molecule has 102 valence electrons. The number of furan rings is 1. The fourth-order valence-electron chi connectivity index (χ4n) is 2.24. The molecule has 3 nitrogen and oxygen atoms in total. The van der Waals surface area contributed by atoms with E-state index in [-0.39, 0.29) is 0 Å². The van der Waals surface area contributed by atoms with Gasteiger partial charge in [-0.1, -0.05) is 12.1 Å². The zero-order valence-corrected chi connectivity index (χ0v) is 11.9. The van der Waals surface area contributed by atoms with E-state index in [0.717, 1.165) is 25.4 Å². The Labute approximate surface area is 115 Å². The molecular formula is C16H22N2O. The van der Waals surface area contributed by atoms with Crippen molar-refractivity contribution >= 4 is 5.69 Å². The summed E-state index contributed by atoms with van der Waals surface area (Å²) in [5.74, 6) is 1.02. The van der Waals surface area contributed by atoms with Crippen molar-refractivity contribution in [3.63, 3.8) is 0 Å². The molecule has 0 fully saturated rings. The van der Waals surface area contributed by atoms with Crippen molar-refractivity contribution in [3.05, 3.63) is 53.5 Å². The van der Waals surface area contributed by atoms with Crippen LogP contribution in [0.25, 0.3) is 0 Å². The third-order valence-corrected chi connectivity index (χ3v) is 3.28. The summed E-state index contributed by atoms with van der Waals surface area (Å²) in [4.78, 5) is 2.36. The minimum Gasteiger partial charge on any atom is -0.468 e. The first-order chi connectivity index (χ1) is 9.24. The quantitative estimate of drug-likeness (QED) is 0.861.